The van der Waals surface area contributed by atoms with Crippen LogP contribution in [0.2, 0.25) is 0 Å². The SMILES string of the molecule is C[C@H](c1cnccn1)N(C)C[C@@H]1CCCN1C(=O)OC(C)(C)C. The molecule has 0 unspecified atom stereocenters. The maximum Gasteiger partial charge on any atom is 0.410 e. The minimum absolute atomic E-state index is 0.157. The van der Waals surface area contributed by atoms with Gasteiger partial charge < -0.3 is 9.64 Å². The molecule has 23 heavy (non-hydrogen) atoms. The molecular formula is C17H28N4O2. The normalized spacial score (nSPS) is 19.9. The number of ether oxygens (including phenoxy) is 1. The van der Waals surface area contributed by atoms with Gasteiger partial charge in [-0.15, -0.1) is 0 Å². The number of carbonyl (C=O) groups is 1. The molecule has 0 spiro atoms. The highest BCUT2D eigenvalue weighted by Crippen LogP contribution is 2.24. The van der Waals surface area contributed by atoms with Gasteiger partial charge in [-0.25, -0.2) is 4.79 Å². The Bertz CT molecular complexity index is 515. The molecule has 1 saturated heterocycles. The summed E-state index contributed by atoms with van der Waals surface area (Å²) in [4.78, 5) is 24.9. The van der Waals surface area contributed by atoms with Crippen LogP contribution < -0.4 is 0 Å². The zero-order chi connectivity index (χ0) is 17.0. The molecule has 1 amide bonds. The van der Waals surface area contributed by atoms with Gasteiger partial charge in [-0.1, -0.05) is 0 Å². The van der Waals surface area contributed by atoms with Crippen molar-refractivity contribution >= 4 is 6.09 Å². The average molecular weight is 320 g/mol. The van der Waals surface area contributed by atoms with Crippen LogP contribution in [0.1, 0.15) is 52.3 Å². The molecule has 128 valence electrons. The second-order valence-corrected chi connectivity index (χ2v) is 7.22. The molecule has 0 radical (unpaired) electrons. The molecule has 2 atom stereocenters. The van der Waals surface area contributed by atoms with Crippen molar-refractivity contribution in [1.82, 2.24) is 19.8 Å². The Morgan fingerprint density at radius 1 is 1.48 bits per heavy atom. The molecule has 6 heteroatoms. The van der Waals surface area contributed by atoms with E-state index in [0.717, 1.165) is 31.6 Å². The van der Waals surface area contributed by atoms with E-state index in [4.69, 9.17) is 4.74 Å². The number of likely N-dealkylation sites (N-methyl/N-ethyl adjacent to an activating group) is 1. The van der Waals surface area contributed by atoms with Crippen LogP contribution in [0.3, 0.4) is 0 Å². The summed E-state index contributed by atoms with van der Waals surface area (Å²) in [5, 5.41) is 0. The number of amides is 1. The quantitative estimate of drug-likeness (QED) is 0.854. The van der Waals surface area contributed by atoms with Crippen LogP contribution in [-0.2, 0) is 4.74 Å². The van der Waals surface area contributed by atoms with Gasteiger partial charge in [0, 0.05) is 37.7 Å². The van der Waals surface area contributed by atoms with Gasteiger partial charge in [0.05, 0.1) is 11.7 Å². The fraction of sp³-hybridized carbons (Fsp3) is 0.706. The molecule has 2 rings (SSSR count). The highest BCUT2D eigenvalue weighted by atomic mass is 16.6. The summed E-state index contributed by atoms with van der Waals surface area (Å²) in [7, 11) is 2.06. The molecular weight excluding hydrogens is 292 g/mol. The summed E-state index contributed by atoms with van der Waals surface area (Å²) in [6, 6.07) is 0.346. The Kier molecular flexibility index (Phi) is 5.57. The standard InChI is InChI=1S/C17H28N4O2/c1-13(15-11-18-8-9-19-15)20(5)12-14-7-6-10-21(14)16(22)23-17(2,3)4/h8-9,11,13-14H,6-7,10,12H2,1-5H3/t13-,14+/m1/s1. The van der Waals surface area contributed by atoms with E-state index >= 15 is 0 Å². The first-order chi connectivity index (χ1) is 10.8. The van der Waals surface area contributed by atoms with Crippen molar-refractivity contribution in [2.45, 2.75) is 58.2 Å². The van der Waals surface area contributed by atoms with Crippen molar-refractivity contribution < 1.29 is 9.53 Å². The van der Waals surface area contributed by atoms with Gasteiger partial charge in [-0.2, -0.15) is 0 Å². The summed E-state index contributed by atoms with van der Waals surface area (Å²) < 4.78 is 5.52. The van der Waals surface area contributed by atoms with Gasteiger partial charge in [0.2, 0.25) is 0 Å². The summed E-state index contributed by atoms with van der Waals surface area (Å²) in [5.74, 6) is 0. The van der Waals surface area contributed by atoms with Crippen molar-refractivity contribution in [2.24, 2.45) is 0 Å². The smallest absolute Gasteiger partial charge is 0.410 e. The first-order valence-corrected chi connectivity index (χ1v) is 8.23. The van der Waals surface area contributed by atoms with Gasteiger partial charge in [-0.3, -0.25) is 14.9 Å². The zero-order valence-corrected chi connectivity index (χ0v) is 14.8. The van der Waals surface area contributed by atoms with E-state index in [1.807, 2.05) is 25.7 Å². The van der Waals surface area contributed by atoms with Gasteiger partial charge in [-0.05, 0) is 47.6 Å². The highest BCUT2D eigenvalue weighted by Gasteiger charge is 2.33. The molecule has 1 aromatic heterocycles. The van der Waals surface area contributed by atoms with Crippen LogP contribution in [0.15, 0.2) is 18.6 Å². The lowest BCUT2D eigenvalue weighted by molar-refractivity contribution is 0.0193. The van der Waals surface area contributed by atoms with Crippen molar-refractivity contribution in [3.05, 3.63) is 24.3 Å². The number of carbonyl (C=O) groups excluding carboxylic acids is 1. The third kappa shape index (κ3) is 4.89. The van der Waals surface area contributed by atoms with E-state index in [1.165, 1.54) is 0 Å². The van der Waals surface area contributed by atoms with Crippen molar-refractivity contribution in [3.63, 3.8) is 0 Å². The number of likely N-dealkylation sites (tertiary alicyclic amines) is 1. The lowest BCUT2D eigenvalue weighted by Crippen LogP contribution is -2.45. The van der Waals surface area contributed by atoms with E-state index in [-0.39, 0.29) is 18.2 Å². The largest absolute Gasteiger partial charge is 0.444 e. The Morgan fingerprint density at radius 2 is 2.22 bits per heavy atom. The van der Waals surface area contributed by atoms with Crippen molar-refractivity contribution in [1.29, 1.82) is 0 Å². The second kappa shape index (κ2) is 7.25. The number of aromatic nitrogens is 2. The summed E-state index contributed by atoms with van der Waals surface area (Å²) >= 11 is 0. The summed E-state index contributed by atoms with van der Waals surface area (Å²) in [6.07, 6.45) is 7.01. The van der Waals surface area contributed by atoms with Crippen LogP contribution in [-0.4, -0.2) is 57.6 Å². The summed E-state index contributed by atoms with van der Waals surface area (Å²) in [5.41, 5.74) is 0.486. The topological polar surface area (TPSA) is 58.6 Å². The van der Waals surface area contributed by atoms with Crippen LogP contribution >= 0.6 is 0 Å². The predicted octanol–water partition coefficient (Wildman–Crippen LogP) is 2.87. The molecule has 0 N–H and O–H groups in total. The molecule has 6 nitrogen and oxygen atoms in total. The molecule has 1 aliphatic heterocycles. The number of hydrogen-bond donors (Lipinski definition) is 0. The van der Waals surface area contributed by atoms with Crippen LogP contribution in [0.4, 0.5) is 4.79 Å². The minimum Gasteiger partial charge on any atom is -0.444 e. The van der Waals surface area contributed by atoms with Crippen molar-refractivity contribution in [2.75, 3.05) is 20.1 Å². The Hall–Kier alpha value is -1.69. The first-order valence-electron chi connectivity index (χ1n) is 8.23. The Morgan fingerprint density at radius 3 is 2.83 bits per heavy atom. The maximum absolute atomic E-state index is 12.4. The average Bonchev–Trinajstić information content (AvgIpc) is 2.94. The predicted molar refractivity (Wildman–Crippen MR) is 89.0 cm³/mol. The van der Waals surface area contributed by atoms with E-state index in [1.54, 1.807) is 18.6 Å². The van der Waals surface area contributed by atoms with Crippen LogP contribution in [0, 0.1) is 0 Å². The molecule has 1 aromatic rings. The molecule has 0 aromatic carbocycles. The van der Waals surface area contributed by atoms with Gasteiger partial charge in [0.15, 0.2) is 0 Å². The van der Waals surface area contributed by atoms with E-state index in [9.17, 15) is 4.79 Å². The molecule has 1 fully saturated rings. The number of rotatable bonds is 4. The first kappa shape index (κ1) is 17.7. The van der Waals surface area contributed by atoms with Crippen LogP contribution in [0.25, 0.3) is 0 Å². The Labute approximate surface area is 138 Å². The van der Waals surface area contributed by atoms with Crippen molar-refractivity contribution in [3.8, 4) is 0 Å². The lowest BCUT2D eigenvalue weighted by atomic mass is 10.1. The fourth-order valence-electron chi connectivity index (χ4n) is 2.83. The summed E-state index contributed by atoms with van der Waals surface area (Å²) in [6.45, 7) is 9.38. The fourth-order valence-corrected chi connectivity index (χ4v) is 2.83. The minimum atomic E-state index is -0.455. The highest BCUT2D eigenvalue weighted by molar-refractivity contribution is 5.69. The number of hydrogen-bond acceptors (Lipinski definition) is 5. The molecule has 1 aliphatic rings. The zero-order valence-electron chi connectivity index (χ0n) is 14.8. The monoisotopic (exact) mass is 320 g/mol. The van der Waals surface area contributed by atoms with Crippen LogP contribution in [0.5, 0.6) is 0 Å². The second-order valence-electron chi connectivity index (χ2n) is 7.22. The van der Waals surface area contributed by atoms with E-state index in [2.05, 4.69) is 28.8 Å². The number of nitrogens with zero attached hydrogens (tertiary/aromatic N) is 4. The molecule has 0 bridgehead atoms. The molecule has 2 heterocycles. The third-order valence-corrected chi connectivity index (χ3v) is 4.18. The van der Waals surface area contributed by atoms with Gasteiger partial charge in [0.1, 0.15) is 5.60 Å². The maximum atomic E-state index is 12.4. The van der Waals surface area contributed by atoms with Gasteiger partial charge >= 0.3 is 6.09 Å². The lowest BCUT2D eigenvalue weighted by Gasteiger charge is -2.32. The van der Waals surface area contributed by atoms with E-state index in [0.29, 0.717) is 0 Å². The molecule has 0 saturated carbocycles. The Balaban J connectivity index is 1.96. The third-order valence-electron chi connectivity index (χ3n) is 4.18. The van der Waals surface area contributed by atoms with E-state index < -0.39 is 5.60 Å². The molecule has 0 aliphatic carbocycles. The van der Waals surface area contributed by atoms with Gasteiger partial charge in [0.25, 0.3) is 0 Å².